The molecule has 3 rings (SSSR count). The summed E-state index contributed by atoms with van der Waals surface area (Å²) in [5.74, 6) is 1.67. The van der Waals surface area contributed by atoms with Gasteiger partial charge in [0.25, 0.3) is 0 Å². The van der Waals surface area contributed by atoms with Crippen molar-refractivity contribution in [3.63, 3.8) is 0 Å². The van der Waals surface area contributed by atoms with E-state index in [9.17, 15) is 4.79 Å². The number of benzene rings is 1. The smallest absolute Gasteiger partial charge is 0.235 e. The van der Waals surface area contributed by atoms with Crippen LogP contribution in [0.5, 0.6) is 5.75 Å². The third kappa shape index (κ3) is 5.45. The number of carbonyl (C=O) groups excluding carboxylic acids is 1. The minimum atomic E-state index is -0.219. The number of hydrogen-bond acceptors (Lipinski definition) is 5. The van der Waals surface area contributed by atoms with E-state index in [-0.39, 0.29) is 11.2 Å². The summed E-state index contributed by atoms with van der Waals surface area (Å²) in [4.78, 5) is 13.9. The van der Waals surface area contributed by atoms with E-state index in [4.69, 9.17) is 16.3 Å². The Morgan fingerprint density at radius 3 is 2.69 bits per heavy atom. The molecule has 1 atom stereocenters. The Morgan fingerprint density at radius 1 is 1.31 bits per heavy atom. The van der Waals surface area contributed by atoms with Gasteiger partial charge in [0, 0.05) is 25.2 Å². The molecule has 1 fully saturated rings. The van der Waals surface area contributed by atoms with Crippen LogP contribution in [-0.2, 0) is 11.4 Å². The van der Waals surface area contributed by atoms with Gasteiger partial charge in [-0.15, -0.1) is 10.2 Å². The minimum absolute atomic E-state index is 0.0720. The first-order valence-electron chi connectivity index (χ1n) is 10.1. The third-order valence-electron chi connectivity index (χ3n) is 5.24. The summed E-state index contributed by atoms with van der Waals surface area (Å²) in [5.41, 5.74) is 0.987. The Bertz CT molecular complexity index is 849. The predicted molar refractivity (Wildman–Crippen MR) is 117 cm³/mol. The highest BCUT2D eigenvalue weighted by Gasteiger charge is 2.26. The molecule has 6 nitrogen and oxygen atoms in total. The van der Waals surface area contributed by atoms with Crippen molar-refractivity contribution in [3.05, 3.63) is 34.6 Å². The number of amides is 1. The van der Waals surface area contributed by atoms with E-state index in [0.29, 0.717) is 17.7 Å². The molecule has 1 heterocycles. The topological polar surface area (TPSA) is 60.3 Å². The largest absolute Gasteiger partial charge is 0.485 e. The van der Waals surface area contributed by atoms with Gasteiger partial charge in [0.2, 0.25) is 5.91 Å². The quantitative estimate of drug-likeness (QED) is 0.578. The summed E-state index contributed by atoms with van der Waals surface area (Å²) in [5, 5.41) is 10.1. The standard InChI is InChI=1S/C21H29ClN4O2S/c1-14-12-16(22)10-11-18(14)28-13-19-23-24-21(29-15(2)20(27)25(3)4)26(19)17-8-6-5-7-9-17/h10-12,15,17H,5-9,13H2,1-4H3. The number of carbonyl (C=O) groups is 1. The van der Waals surface area contributed by atoms with E-state index < -0.39 is 0 Å². The fraction of sp³-hybridized carbons (Fsp3) is 0.571. The lowest BCUT2D eigenvalue weighted by molar-refractivity contribution is -0.127. The van der Waals surface area contributed by atoms with Gasteiger partial charge in [-0.1, -0.05) is 42.6 Å². The Labute approximate surface area is 182 Å². The van der Waals surface area contributed by atoms with E-state index >= 15 is 0 Å². The van der Waals surface area contributed by atoms with Crippen LogP contribution in [0.3, 0.4) is 0 Å². The number of aromatic nitrogens is 3. The molecule has 1 aliphatic carbocycles. The highest BCUT2D eigenvalue weighted by atomic mass is 35.5. The second-order valence-corrected chi connectivity index (χ2v) is 9.50. The zero-order valence-electron chi connectivity index (χ0n) is 17.5. The molecule has 29 heavy (non-hydrogen) atoms. The van der Waals surface area contributed by atoms with Gasteiger partial charge >= 0.3 is 0 Å². The maximum atomic E-state index is 12.3. The van der Waals surface area contributed by atoms with Gasteiger partial charge in [0.15, 0.2) is 11.0 Å². The lowest BCUT2D eigenvalue weighted by Crippen LogP contribution is -2.30. The van der Waals surface area contributed by atoms with Crippen molar-refractivity contribution in [2.24, 2.45) is 0 Å². The normalized spacial score (nSPS) is 15.9. The average Bonchev–Trinajstić information content (AvgIpc) is 3.09. The molecule has 8 heteroatoms. The Balaban J connectivity index is 1.82. The number of hydrogen-bond donors (Lipinski definition) is 0. The van der Waals surface area contributed by atoms with Gasteiger partial charge in [-0.25, -0.2) is 0 Å². The van der Waals surface area contributed by atoms with Gasteiger partial charge in [0.05, 0.1) is 5.25 Å². The predicted octanol–water partition coefficient (Wildman–Crippen LogP) is 4.89. The monoisotopic (exact) mass is 436 g/mol. The van der Waals surface area contributed by atoms with Crippen molar-refractivity contribution in [2.75, 3.05) is 14.1 Å². The first kappa shape index (κ1) is 22.0. The number of ether oxygens (including phenoxy) is 1. The molecule has 158 valence electrons. The van der Waals surface area contributed by atoms with Crippen molar-refractivity contribution in [1.29, 1.82) is 0 Å². The molecule has 0 spiro atoms. The molecule has 1 saturated carbocycles. The maximum Gasteiger partial charge on any atom is 0.235 e. The summed E-state index contributed by atoms with van der Waals surface area (Å²) in [6, 6.07) is 5.95. The molecular weight excluding hydrogens is 408 g/mol. The molecule has 0 N–H and O–H groups in total. The minimum Gasteiger partial charge on any atom is -0.485 e. The van der Waals surface area contributed by atoms with Crippen LogP contribution >= 0.6 is 23.4 Å². The van der Waals surface area contributed by atoms with Crippen molar-refractivity contribution in [2.45, 2.75) is 69.0 Å². The van der Waals surface area contributed by atoms with Gasteiger partial charge in [-0.05, 0) is 50.5 Å². The fourth-order valence-corrected chi connectivity index (χ4v) is 4.99. The Morgan fingerprint density at radius 2 is 2.03 bits per heavy atom. The van der Waals surface area contributed by atoms with Gasteiger partial charge in [0.1, 0.15) is 12.4 Å². The van der Waals surface area contributed by atoms with E-state index in [1.54, 1.807) is 19.0 Å². The van der Waals surface area contributed by atoms with E-state index in [1.165, 1.54) is 31.0 Å². The second-order valence-electron chi connectivity index (χ2n) is 7.75. The van der Waals surface area contributed by atoms with E-state index in [2.05, 4.69) is 14.8 Å². The van der Waals surface area contributed by atoms with Crippen molar-refractivity contribution < 1.29 is 9.53 Å². The fourth-order valence-electron chi connectivity index (χ4n) is 3.68. The lowest BCUT2D eigenvalue weighted by Gasteiger charge is -2.26. The zero-order valence-corrected chi connectivity index (χ0v) is 19.1. The van der Waals surface area contributed by atoms with E-state index in [1.807, 2.05) is 32.0 Å². The van der Waals surface area contributed by atoms with Crippen molar-refractivity contribution in [1.82, 2.24) is 19.7 Å². The van der Waals surface area contributed by atoms with Crippen LogP contribution in [0.1, 0.15) is 56.5 Å². The number of halogens is 1. The molecule has 0 bridgehead atoms. The SMILES string of the molecule is Cc1cc(Cl)ccc1OCc1nnc(SC(C)C(=O)N(C)C)n1C1CCCCC1. The maximum absolute atomic E-state index is 12.3. The van der Waals surface area contributed by atoms with Gasteiger partial charge < -0.3 is 9.64 Å². The molecule has 1 amide bonds. The summed E-state index contributed by atoms with van der Waals surface area (Å²) in [7, 11) is 3.55. The molecule has 0 radical (unpaired) electrons. The molecular formula is C21H29ClN4O2S. The Hall–Kier alpha value is -1.73. The summed E-state index contributed by atoms with van der Waals surface area (Å²) < 4.78 is 8.25. The molecule has 1 unspecified atom stereocenters. The molecule has 0 aliphatic heterocycles. The van der Waals surface area contributed by atoms with E-state index in [0.717, 1.165) is 35.1 Å². The summed E-state index contributed by atoms with van der Waals surface area (Å²) >= 11 is 7.52. The van der Waals surface area contributed by atoms with Gasteiger partial charge in [-0.3, -0.25) is 9.36 Å². The van der Waals surface area contributed by atoms with Crippen molar-refractivity contribution >= 4 is 29.3 Å². The first-order valence-corrected chi connectivity index (χ1v) is 11.3. The molecule has 1 aromatic heterocycles. The number of nitrogens with zero attached hydrogens (tertiary/aromatic N) is 4. The lowest BCUT2D eigenvalue weighted by atomic mass is 9.95. The van der Waals surface area contributed by atoms with Crippen LogP contribution in [-0.4, -0.2) is 44.9 Å². The highest BCUT2D eigenvalue weighted by molar-refractivity contribution is 8.00. The molecule has 1 aromatic carbocycles. The summed E-state index contributed by atoms with van der Waals surface area (Å²) in [6.07, 6.45) is 5.89. The van der Waals surface area contributed by atoms with Gasteiger partial charge in [-0.2, -0.15) is 0 Å². The van der Waals surface area contributed by atoms with Crippen LogP contribution in [0.2, 0.25) is 5.02 Å². The zero-order chi connectivity index (χ0) is 21.0. The molecule has 1 aliphatic rings. The number of thioether (sulfide) groups is 1. The average molecular weight is 437 g/mol. The van der Waals surface area contributed by atoms with Crippen LogP contribution in [0.15, 0.2) is 23.4 Å². The summed E-state index contributed by atoms with van der Waals surface area (Å²) in [6.45, 7) is 4.23. The van der Waals surface area contributed by atoms with Crippen LogP contribution in [0.4, 0.5) is 0 Å². The molecule has 0 saturated heterocycles. The third-order valence-corrected chi connectivity index (χ3v) is 6.52. The number of rotatable bonds is 7. The first-order chi connectivity index (χ1) is 13.9. The second kappa shape index (κ2) is 9.85. The number of aryl methyl sites for hydroxylation is 1. The highest BCUT2D eigenvalue weighted by Crippen LogP contribution is 2.34. The van der Waals surface area contributed by atoms with Crippen LogP contribution in [0, 0.1) is 6.92 Å². The van der Waals surface area contributed by atoms with Crippen molar-refractivity contribution in [3.8, 4) is 5.75 Å². The molecule has 2 aromatic rings. The van der Waals surface area contributed by atoms with Crippen LogP contribution < -0.4 is 4.74 Å². The van der Waals surface area contributed by atoms with Crippen LogP contribution in [0.25, 0.3) is 0 Å². The Kier molecular flexibility index (Phi) is 7.46.